The zero-order valence-electron chi connectivity index (χ0n) is 13.5. The maximum absolute atomic E-state index is 12.3. The molecule has 0 spiro atoms. The van der Waals surface area contributed by atoms with Gasteiger partial charge in [-0.05, 0) is 37.1 Å². The molecule has 124 valence electrons. The number of carbonyl (C=O) groups excluding carboxylic acids is 1. The fourth-order valence-corrected chi connectivity index (χ4v) is 2.95. The van der Waals surface area contributed by atoms with Crippen LogP contribution < -0.4 is 10.1 Å². The molecule has 7 nitrogen and oxygen atoms in total. The molecular weight excluding hydrogens is 306 g/mol. The zero-order chi connectivity index (χ0) is 17.0. The third kappa shape index (κ3) is 3.08. The van der Waals surface area contributed by atoms with Gasteiger partial charge in [-0.3, -0.25) is 4.79 Å². The summed E-state index contributed by atoms with van der Waals surface area (Å²) in [5.41, 5.74) is 0.627. The Hall–Kier alpha value is -2.88. The molecule has 7 heteroatoms. The highest BCUT2D eigenvalue weighted by molar-refractivity contribution is 5.85. The van der Waals surface area contributed by atoms with Crippen molar-refractivity contribution in [2.75, 3.05) is 7.11 Å². The van der Waals surface area contributed by atoms with Gasteiger partial charge < -0.3 is 10.1 Å². The molecule has 1 aromatic heterocycles. The van der Waals surface area contributed by atoms with Crippen LogP contribution in [0.5, 0.6) is 5.75 Å². The Morgan fingerprint density at radius 3 is 2.71 bits per heavy atom. The summed E-state index contributed by atoms with van der Waals surface area (Å²) in [5.74, 6) is 0.561. The second kappa shape index (κ2) is 6.71. The predicted octanol–water partition coefficient (Wildman–Crippen LogP) is 1.98. The van der Waals surface area contributed by atoms with Crippen LogP contribution in [-0.2, 0) is 11.3 Å². The number of ether oxygens (including phenoxy) is 1. The topological polar surface area (TPSA) is 92.8 Å². The van der Waals surface area contributed by atoms with E-state index < -0.39 is 5.41 Å². The second-order valence-corrected chi connectivity index (χ2v) is 5.94. The second-order valence-electron chi connectivity index (χ2n) is 5.94. The number of hydrogen-bond acceptors (Lipinski definition) is 5. The van der Waals surface area contributed by atoms with Crippen LogP contribution >= 0.6 is 0 Å². The molecule has 1 N–H and O–H groups in total. The molecule has 1 aliphatic rings. The van der Waals surface area contributed by atoms with Crippen molar-refractivity contribution in [3.63, 3.8) is 0 Å². The van der Waals surface area contributed by atoms with Crippen LogP contribution in [0.1, 0.15) is 31.4 Å². The summed E-state index contributed by atoms with van der Waals surface area (Å²) >= 11 is 0. The van der Waals surface area contributed by atoms with Crippen LogP contribution in [0.3, 0.4) is 0 Å². The number of nitrogens with zero attached hydrogens (tertiary/aromatic N) is 4. The van der Waals surface area contributed by atoms with E-state index in [1.165, 1.54) is 0 Å². The number of carbonyl (C=O) groups is 1. The number of nitriles is 1. The van der Waals surface area contributed by atoms with Gasteiger partial charge >= 0.3 is 0 Å². The Bertz CT molecular complexity index is 754. The average molecular weight is 325 g/mol. The van der Waals surface area contributed by atoms with E-state index in [0.717, 1.165) is 24.3 Å². The highest BCUT2D eigenvalue weighted by Crippen LogP contribution is 2.37. The standard InChI is InChI=1S/C17H19N5O2/c1-24-15-6-4-14(5-7-15)22-11-13(20-21-22)10-19-16(23)17(12-18)8-2-3-9-17/h4-7,11H,2-3,8-10H2,1H3,(H,19,23). The van der Waals surface area contributed by atoms with E-state index in [0.29, 0.717) is 18.5 Å². The minimum atomic E-state index is -0.869. The Labute approximate surface area is 140 Å². The van der Waals surface area contributed by atoms with Gasteiger partial charge in [-0.15, -0.1) is 5.10 Å². The molecule has 3 rings (SSSR count). The van der Waals surface area contributed by atoms with Crippen molar-refractivity contribution >= 4 is 5.91 Å². The van der Waals surface area contributed by atoms with Crippen molar-refractivity contribution in [3.05, 3.63) is 36.2 Å². The fraction of sp³-hybridized carbons (Fsp3) is 0.412. The van der Waals surface area contributed by atoms with Crippen LogP contribution in [0.2, 0.25) is 0 Å². The summed E-state index contributed by atoms with van der Waals surface area (Å²) in [5, 5.41) is 20.3. The minimum Gasteiger partial charge on any atom is -0.497 e. The van der Waals surface area contributed by atoms with Gasteiger partial charge in [0.2, 0.25) is 5.91 Å². The molecule has 0 bridgehead atoms. The first-order valence-electron chi connectivity index (χ1n) is 7.92. The molecule has 2 aromatic rings. The van der Waals surface area contributed by atoms with Gasteiger partial charge in [0.05, 0.1) is 31.6 Å². The van der Waals surface area contributed by atoms with E-state index in [-0.39, 0.29) is 12.5 Å². The number of aromatic nitrogens is 3. The monoisotopic (exact) mass is 325 g/mol. The van der Waals surface area contributed by atoms with Crippen molar-refractivity contribution in [2.45, 2.75) is 32.2 Å². The van der Waals surface area contributed by atoms with Gasteiger partial charge in [0.15, 0.2) is 0 Å². The summed E-state index contributed by atoms with van der Waals surface area (Å²) in [6.45, 7) is 0.262. The van der Waals surface area contributed by atoms with E-state index >= 15 is 0 Å². The minimum absolute atomic E-state index is 0.207. The van der Waals surface area contributed by atoms with E-state index in [1.54, 1.807) is 18.0 Å². The predicted molar refractivity (Wildman–Crippen MR) is 86.3 cm³/mol. The van der Waals surface area contributed by atoms with Gasteiger partial charge in [-0.1, -0.05) is 18.1 Å². The number of rotatable bonds is 5. The summed E-state index contributed by atoms with van der Waals surface area (Å²) in [4.78, 5) is 12.3. The molecule has 0 radical (unpaired) electrons. The molecule has 1 aliphatic carbocycles. The lowest BCUT2D eigenvalue weighted by atomic mass is 9.87. The lowest BCUT2D eigenvalue weighted by molar-refractivity contribution is -0.128. The highest BCUT2D eigenvalue weighted by atomic mass is 16.5. The molecule has 0 aliphatic heterocycles. The van der Waals surface area contributed by atoms with Gasteiger partial charge in [0, 0.05) is 0 Å². The third-order valence-corrected chi connectivity index (χ3v) is 4.41. The van der Waals surface area contributed by atoms with E-state index in [4.69, 9.17) is 4.74 Å². The van der Waals surface area contributed by atoms with Crippen molar-refractivity contribution in [1.29, 1.82) is 5.26 Å². The molecule has 1 heterocycles. The third-order valence-electron chi connectivity index (χ3n) is 4.41. The molecule has 0 atom stereocenters. The smallest absolute Gasteiger partial charge is 0.240 e. The Morgan fingerprint density at radius 2 is 2.08 bits per heavy atom. The van der Waals surface area contributed by atoms with Gasteiger partial charge in [0.25, 0.3) is 0 Å². The summed E-state index contributed by atoms with van der Waals surface area (Å²) in [6, 6.07) is 9.62. The van der Waals surface area contributed by atoms with Crippen LogP contribution in [0.4, 0.5) is 0 Å². The lowest BCUT2D eigenvalue weighted by Gasteiger charge is -2.18. The molecule has 1 aromatic carbocycles. The molecule has 0 unspecified atom stereocenters. The molecule has 1 fully saturated rings. The van der Waals surface area contributed by atoms with Gasteiger partial charge in [-0.25, -0.2) is 4.68 Å². The lowest BCUT2D eigenvalue weighted by Crippen LogP contribution is -2.37. The number of hydrogen-bond donors (Lipinski definition) is 1. The Morgan fingerprint density at radius 1 is 1.38 bits per heavy atom. The number of amides is 1. The van der Waals surface area contributed by atoms with Crippen LogP contribution in [0.15, 0.2) is 30.5 Å². The first kappa shape index (κ1) is 16.0. The van der Waals surface area contributed by atoms with E-state index in [9.17, 15) is 10.1 Å². The van der Waals surface area contributed by atoms with Crippen LogP contribution in [0.25, 0.3) is 5.69 Å². The Balaban J connectivity index is 1.64. The summed E-state index contributed by atoms with van der Waals surface area (Å²) in [7, 11) is 1.61. The van der Waals surface area contributed by atoms with E-state index in [1.807, 2.05) is 24.3 Å². The van der Waals surface area contributed by atoms with Crippen molar-refractivity contribution in [3.8, 4) is 17.5 Å². The first-order chi connectivity index (χ1) is 11.7. The molecule has 1 amide bonds. The SMILES string of the molecule is COc1ccc(-n2cc(CNC(=O)C3(C#N)CCCC3)nn2)cc1. The van der Waals surface area contributed by atoms with Crippen LogP contribution in [-0.4, -0.2) is 28.0 Å². The van der Waals surface area contributed by atoms with Crippen molar-refractivity contribution in [2.24, 2.45) is 5.41 Å². The molecule has 24 heavy (non-hydrogen) atoms. The zero-order valence-corrected chi connectivity index (χ0v) is 13.5. The first-order valence-corrected chi connectivity index (χ1v) is 7.92. The largest absolute Gasteiger partial charge is 0.497 e. The number of benzene rings is 1. The van der Waals surface area contributed by atoms with E-state index in [2.05, 4.69) is 21.7 Å². The van der Waals surface area contributed by atoms with Crippen molar-refractivity contribution < 1.29 is 9.53 Å². The summed E-state index contributed by atoms with van der Waals surface area (Å²) < 4.78 is 6.76. The molecule has 0 saturated heterocycles. The molecule has 1 saturated carbocycles. The molecular formula is C17H19N5O2. The summed E-state index contributed by atoms with van der Waals surface area (Å²) in [6.07, 6.45) is 4.88. The maximum atomic E-state index is 12.3. The van der Waals surface area contributed by atoms with Gasteiger partial charge in [-0.2, -0.15) is 5.26 Å². The van der Waals surface area contributed by atoms with Gasteiger partial charge in [0.1, 0.15) is 16.9 Å². The fourth-order valence-electron chi connectivity index (χ4n) is 2.95. The average Bonchev–Trinajstić information content (AvgIpc) is 3.30. The normalized spacial score (nSPS) is 15.7. The van der Waals surface area contributed by atoms with Crippen LogP contribution in [0, 0.1) is 16.7 Å². The Kier molecular flexibility index (Phi) is 4.47. The maximum Gasteiger partial charge on any atom is 0.240 e. The highest BCUT2D eigenvalue weighted by Gasteiger charge is 2.41. The quantitative estimate of drug-likeness (QED) is 0.907. The number of methoxy groups -OCH3 is 1. The number of nitrogens with one attached hydrogen (secondary N) is 1. The van der Waals surface area contributed by atoms with Crippen molar-refractivity contribution in [1.82, 2.24) is 20.3 Å².